The summed E-state index contributed by atoms with van der Waals surface area (Å²) < 4.78 is 0. The molecule has 0 rings (SSSR count). The molecule has 0 saturated heterocycles. The minimum atomic E-state index is -1.30. The van der Waals surface area contributed by atoms with Crippen molar-refractivity contribution < 1.29 is 10.2 Å². The number of aliphatic hydroxyl groups excluding tert-OH is 2. The van der Waals surface area contributed by atoms with Gasteiger partial charge in [0, 0.05) is 0 Å². The first-order valence-electron chi connectivity index (χ1n) is 7.09. The smallest absolute Gasteiger partial charge is 0.129 e. The van der Waals surface area contributed by atoms with Crippen molar-refractivity contribution >= 4 is 8.07 Å². The van der Waals surface area contributed by atoms with Crippen LogP contribution in [0, 0.1) is 11.5 Å². The summed E-state index contributed by atoms with van der Waals surface area (Å²) in [5.41, 5.74) is 3.22. The van der Waals surface area contributed by atoms with E-state index in [4.69, 9.17) is 0 Å². The van der Waals surface area contributed by atoms with Gasteiger partial charge in [0.05, 0.1) is 12.2 Å². The van der Waals surface area contributed by atoms with E-state index < -0.39 is 20.3 Å². The minimum absolute atomic E-state index is 0.651. The highest BCUT2D eigenvalue weighted by Crippen LogP contribution is 2.07. The van der Waals surface area contributed by atoms with Crippen LogP contribution in [0.1, 0.15) is 32.6 Å². The van der Waals surface area contributed by atoms with E-state index in [-0.39, 0.29) is 0 Å². The topological polar surface area (TPSA) is 40.5 Å². The Bertz CT molecular complexity index is 342. The van der Waals surface area contributed by atoms with Crippen molar-refractivity contribution in [2.45, 2.75) is 64.5 Å². The second kappa shape index (κ2) is 10.0. The fourth-order valence-corrected chi connectivity index (χ4v) is 1.96. The highest BCUT2D eigenvalue weighted by Gasteiger charge is 2.11. The fraction of sp³-hybridized carbons (Fsp3) is 0.625. The Morgan fingerprint density at radius 2 is 1.79 bits per heavy atom. The highest BCUT2D eigenvalue weighted by molar-refractivity contribution is 6.83. The maximum atomic E-state index is 9.71. The molecule has 0 spiro atoms. The average molecular weight is 280 g/mol. The summed E-state index contributed by atoms with van der Waals surface area (Å²) in [5, 5.41) is 19.4. The Morgan fingerprint density at radius 3 is 2.37 bits per heavy atom. The van der Waals surface area contributed by atoms with Gasteiger partial charge in [-0.15, -0.1) is 5.54 Å². The van der Waals surface area contributed by atoms with Crippen molar-refractivity contribution in [2.75, 3.05) is 0 Å². The van der Waals surface area contributed by atoms with Crippen molar-refractivity contribution in [1.29, 1.82) is 0 Å². The Morgan fingerprint density at radius 1 is 1.11 bits per heavy atom. The Hall–Kier alpha value is -0.823. The van der Waals surface area contributed by atoms with Gasteiger partial charge in [-0.2, -0.15) is 0 Å². The predicted molar refractivity (Wildman–Crippen MR) is 85.6 cm³/mol. The molecule has 0 aliphatic rings. The number of rotatable bonds is 7. The average Bonchev–Trinajstić information content (AvgIpc) is 2.32. The summed E-state index contributed by atoms with van der Waals surface area (Å²) in [6.07, 6.45) is 9.32. The summed E-state index contributed by atoms with van der Waals surface area (Å²) in [6.45, 7) is 8.70. The van der Waals surface area contributed by atoms with Crippen LogP contribution in [-0.4, -0.2) is 30.5 Å². The second-order valence-corrected chi connectivity index (χ2v) is 10.6. The van der Waals surface area contributed by atoms with E-state index in [1.807, 2.05) is 0 Å². The van der Waals surface area contributed by atoms with Gasteiger partial charge in [-0.05, 0) is 12.5 Å². The van der Waals surface area contributed by atoms with Gasteiger partial charge in [0.25, 0.3) is 0 Å². The molecule has 0 aromatic heterocycles. The Labute approximate surface area is 119 Å². The molecule has 2 N–H and O–H groups in total. The number of allylic oxidation sites excluding steroid dienone is 3. The van der Waals surface area contributed by atoms with E-state index in [1.54, 1.807) is 24.3 Å². The normalized spacial score (nSPS) is 15.5. The van der Waals surface area contributed by atoms with Crippen LogP contribution in [0.25, 0.3) is 0 Å². The SMILES string of the molecule is CCCCC[C@H](O)[C@H](O)C=CC=CC#C[Si](C)(C)C. The molecular weight excluding hydrogens is 252 g/mol. The zero-order chi connectivity index (χ0) is 14.7. The zero-order valence-electron chi connectivity index (χ0n) is 12.7. The van der Waals surface area contributed by atoms with Crippen LogP contribution in [0.2, 0.25) is 19.6 Å². The van der Waals surface area contributed by atoms with Crippen LogP contribution >= 0.6 is 0 Å². The lowest BCUT2D eigenvalue weighted by molar-refractivity contribution is 0.0415. The maximum Gasteiger partial charge on any atom is 0.129 e. The van der Waals surface area contributed by atoms with Crippen molar-refractivity contribution in [3.05, 3.63) is 24.3 Å². The summed E-state index contributed by atoms with van der Waals surface area (Å²) in [4.78, 5) is 0. The molecule has 3 heteroatoms. The number of hydrogen-bond acceptors (Lipinski definition) is 2. The van der Waals surface area contributed by atoms with E-state index in [0.29, 0.717) is 6.42 Å². The second-order valence-electron chi connectivity index (χ2n) is 5.82. The first kappa shape index (κ1) is 18.2. The molecule has 0 bridgehead atoms. The lowest BCUT2D eigenvalue weighted by Gasteiger charge is -2.13. The molecule has 2 atom stereocenters. The van der Waals surface area contributed by atoms with Gasteiger partial charge in [0.2, 0.25) is 0 Å². The summed E-state index contributed by atoms with van der Waals surface area (Å²) in [7, 11) is -1.30. The van der Waals surface area contributed by atoms with Crippen LogP contribution < -0.4 is 0 Å². The molecule has 2 nitrogen and oxygen atoms in total. The number of aliphatic hydroxyl groups is 2. The molecular formula is C16H28O2Si. The van der Waals surface area contributed by atoms with Gasteiger partial charge in [0.1, 0.15) is 8.07 Å². The van der Waals surface area contributed by atoms with E-state index in [1.165, 1.54) is 0 Å². The number of hydrogen-bond donors (Lipinski definition) is 2. The van der Waals surface area contributed by atoms with E-state index in [0.717, 1.165) is 19.3 Å². The highest BCUT2D eigenvalue weighted by atomic mass is 28.3. The van der Waals surface area contributed by atoms with E-state index in [9.17, 15) is 10.2 Å². The molecule has 0 saturated carbocycles. The monoisotopic (exact) mass is 280 g/mol. The van der Waals surface area contributed by atoms with Crippen molar-refractivity contribution in [2.24, 2.45) is 0 Å². The van der Waals surface area contributed by atoms with Crippen molar-refractivity contribution in [3.8, 4) is 11.5 Å². The number of unbranched alkanes of at least 4 members (excludes halogenated alkanes) is 2. The quantitative estimate of drug-likeness (QED) is 0.325. The van der Waals surface area contributed by atoms with E-state index in [2.05, 4.69) is 38.0 Å². The Kier molecular flexibility index (Phi) is 9.59. The molecule has 0 fully saturated rings. The molecule has 108 valence electrons. The van der Waals surface area contributed by atoms with Gasteiger partial charge in [-0.25, -0.2) is 0 Å². The maximum absolute atomic E-state index is 9.71. The lowest BCUT2D eigenvalue weighted by atomic mass is 10.1. The summed E-state index contributed by atoms with van der Waals surface area (Å²) in [5.74, 6) is 3.01. The van der Waals surface area contributed by atoms with Crippen molar-refractivity contribution in [3.63, 3.8) is 0 Å². The largest absolute Gasteiger partial charge is 0.390 e. The first-order chi connectivity index (χ1) is 8.87. The molecule has 0 aromatic rings. The summed E-state index contributed by atoms with van der Waals surface area (Å²) >= 11 is 0. The zero-order valence-corrected chi connectivity index (χ0v) is 13.7. The van der Waals surface area contributed by atoms with Gasteiger partial charge < -0.3 is 10.2 Å². The molecule has 0 unspecified atom stereocenters. The van der Waals surface area contributed by atoms with Crippen LogP contribution in [-0.2, 0) is 0 Å². The van der Waals surface area contributed by atoms with E-state index >= 15 is 0 Å². The first-order valence-corrected chi connectivity index (χ1v) is 10.6. The fourth-order valence-electron chi connectivity index (χ4n) is 1.44. The molecule has 0 aliphatic heterocycles. The van der Waals surface area contributed by atoms with Crippen molar-refractivity contribution in [1.82, 2.24) is 0 Å². The lowest BCUT2D eigenvalue weighted by Crippen LogP contribution is -2.23. The molecule has 0 aromatic carbocycles. The van der Waals surface area contributed by atoms with Gasteiger partial charge in [0.15, 0.2) is 0 Å². The van der Waals surface area contributed by atoms with Crippen LogP contribution in [0.3, 0.4) is 0 Å². The molecule has 19 heavy (non-hydrogen) atoms. The molecule has 0 radical (unpaired) electrons. The Balaban J connectivity index is 4.03. The third-order valence-corrected chi connectivity index (χ3v) is 3.44. The standard InChI is InChI=1S/C16H28O2Si/c1-5-6-9-12-15(17)16(18)13-10-7-8-11-14-19(2,3)4/h7-8,10,13,15-18H,5-6,9,12H2,1-4H3/t15-,16+/m0/s1. The van der Waals surface area contributed by atoms with Gasteiger partial charge >= 0.3 is 0 Å². The van der Waals surface area contributed by atoms with Crippen LogP contribution in [0.15, 0.2) is 24.3 Å². The third-order valence-electron chi connectivity index (χ3n) is 2.54. The minimum Gasteiger partial charge on any atom is -0.390 e. The molecule has 0 amide bonds. The third kappa shape index (κ3) is 12.0. The molecule has 0 aliphatic carbocycles. The van der Waals surface area contributed by atoms with Crippen LogP contribution in [0.4, 0.5) is 0 Å². The van der Waals surface area contributed by atoms with Gasteiger partial charge in [-0.1, -0.05) is 70.0 Å². The molecule has 0 heterocycles. The predicted octanol–water partition coefficient (Wildman–Crippen LogP) is 3.28. The van der Waals surface area contributed by atoms with Crippen LogP contribution in [0.5, 0.6) is 0 Å². The summed E-state index contributed by atoms with van der Waals surface area (Å²) in [6, 6.07) is 0. The van der Waals surface area contributed by atoms with Gasteiger partial charge in [-0.3, -0.25) is 0 Å².